The normalized spacial score (nSPS) is 10.4. The SMILES string of the molecule is CC(C)(C)OC(=O)Nc1ccc(N=[N+]=[N-])cc1N. The predicted molar refractivity (Wildman–Crippen MR) is 69.5 cm³/mol. The molecule has 0 atom stereocenters. The van der Waals surface area contributed by atoms with E-state index < -0.39 is 11.7 Å². The van der Waals surface area contributed by atoms with Crippen molar-refractivity contribution in [2.75, 3.05) is 11.1 Å². The van der Waals surface area contributed by atoms with Crippen LogP contribution in [0.15, 0.2) is 23.3 Å². The van der Waals surface area contributed by atoms with Gasteiger partial charge in [-0.25, -0.2) is 4.79 Å². The summed E-state index contributed by atoms with van der Waals surface area (Å²) in [5.41, 5.74) is 14.5. The molecule has 0 saturated heterocycles. The number of nitrogens with one attached hydrogen (secondary N) is 1. The van der Waals surface area contributed by atoms with E-state index in [0.717, 1.165) is 0 Å². The first kappa shape index (κ1) is 13.7. The average Bonchev–Trinajstić information content (AvgIpc) is 2.20. The van der Waals surface area contributed by atoms with Gasteiger partial charge in [-0.2, -0.15) is 0 Å². The zero-order valence-corrected chi connectivity index (χ0v) is 10.5. The van der Waals surface area contributed by atoms with Crippen molar-refractivity contribution < 1.29 is 9.53 Å². The first-order valence-electron chi connectivity index (χ1n) is 5.26. The monoisotopic (exact) mass is 249 g/mol. The lowest BCUT2D eigenvalue weighted by Crippen LogP contribution is -2.27. The van der Waals surface area contributed by atoms with Crippen LogP contribution in [0.3, 0.4) is 0 Å². The third-order valence-corrected chi connectivity index (χ3v) is 1.83. The topological polar surface area (TPSA) is 113 Å². The van der Waals surface area contributed by atoms with Gasteiger partial charge in [0.05, 0.1) is 11.4 Å². The highest BCUT2D eigenvalue weighted by molar-refractivity contribution is 5.89. The van der Waals surface area contributed by atoms with E-state index in [-0.39, 0.29) is 0 Å². The van der Waals surface area contributed by atoms with Crippen molar-refractivity contribution >= 4 is 23.2 Å². The second-order valence-electron chi connectivity index (χ2n) is 4.59. The molecule has 0 aliphatic carbocycles. The Balaban J connectivity index is 2.80. The van der Waals surface area contributed by atoms with Crippen LogP contribution in [0, 0.1) is 0 Å². The number of rotatable bonds is 2. The molecule has 0 heterocycles. The number of carbonyl (C=O) groups excluding carboxylic acids is 1. The van der Waals surface area contributed by atoms with Gasteiger partial charge in [0.1, 0.15) is 5.60 Å². The van der Waals surface area contributed by atoms with Crippen LogP contribution >= 0.6 is 0 Å². The molecule has 7 heteroatoms. The number of nitrogens with two attached hydrogens (primary N) is 1. The molecule has 0 radical (unpaired) electrons. The maximum atomic E-state index is 11.5. The first-order chi connectivity index (χ1) is 8.31. The number of amides is 1. The Labute approximate surface area is 105 Å². The van der Waals surface area contributed by atoms with Gasteiger partial charge < -0.3 is 10.5 Å². The van der Waals surface area contributed by atoms with Crippen LogP contribution < -0.4 is 11.1 Å². The molecule has 0 aromatic heterocycles. The van der Waals surface area contributed by atoms with Crippen molar-refractivity contribution in [3.8, 4) is 0 Å². The summed E-state index contributed by atoms with van der Waals surface area (Å²) in [6.45, 7) is 5.29. The van der Waals surface area contributed by atoms with Crippen molar-refractivity contribution in [1.29, 1.82) is 0 Å². The molecule has 0 bridgehead atoms. The molecule has 18 heavy (non-hydrogen) atoms. The minimum Gasteiger partial charge on any atom is -0.444 e. The summed E-state index contributed by atoms with van der Waals surface area (Å²) >= 11 is 0. The van der Waals surface area contributed by atoms with Crippen LogP contribution in [0.5, 0.6) is 0 Å². The van der Waals surface area contributed by atoms with Gasteiger partial charge in [-0.15, -0.1) is 0 Å². The van der Waals surface area contributed by atoms with Gasteiger partial charge >= 0.3 is 6.09 Å². The van der Waals surface area contributed by atoms with Crippen molar-refractivity contribution in [1.82, 2.24) is 0 Å². The molecule has 0 fully saturated rings. The molecule has 0 unspecified atom stereocenters. The number of benzene rings is 1. The highest BCUT2D eigenvalue weighted by atomic mass is 16.6. The van der Waals surface area contributed by atoms with E-state index in [4.69, 9.17) is 16.0 Å². The number of nitrogen functional groups attached to an aromatic ring is 1. The second kappa shape index (κ2) is 5.29. The van der Waals surface area contributed by atoms with E-state index in [2.05, 4.69) is 15.3 Å². The lowest BCUT2D eigenvalue weighted by Gasteiger charge is -2.20. The molecular weight excluding hydrogens is 234 g/mol. The summed E-state index contributed by atoms with van der Waals surface area (Å²) in [5, 5.41) is 5.92. The predicted octanol–water partition coefficient (Wildman–Crippen LogP) is 3.56. The van der Waals surface area contributed by atoms with Gasteiger partial charge in [0, 0.05) is 10.6 Å². The molecule has 0 saturated carbocycles. The summed E-state index contributed by atoms with van der Waals surface area (Å²) in [4.78, 5) is 14.2. The minimum atomic E-state index is -0.592. The quantitative estimate of drug-likeness (QED) is 0.361. The maximum Gasteiger partial charge on any atom is 0.412 e. The minimum absolute atomic E-state index is 0.297. The third kappa shape index (κ3) is 4.23. The van der Waals surface area contributed by atoms with E-state index in [1.165, 1.54) is 6.07 Å². The molecule has 0 spiro atoms. The molecule has 1 rings (SSSR count). The molecule has 96 valence electrons. The third-order valence-electron chi connectivity index (χ3n) is 1.83. The van der Waals surface area contributed by atoms with Crippen LogP contribution in [0.1, 0.15) is 20.8 Å². The van der Waals surface area contributed by atoms with Crippen molar-refractivity contribution in [3.63, 3.8) is 0 Å². The molecule has 1 amide bonds. The Morgan fingerprint density at radius 3 is 2.67 bits per heavy atom. The Morgan fingerprint density at radius 1 is 1.50 bits per heavy atom. The Kier molecular flexibility index (Phi) is 4.01. The first-order valence-corrected chi connectivity index (χ1v) is 5.26. The second-order valence-corrected chi connectivity index (χ2v) is 4.59. The summed E-state index contributed by atoms with van der Waals surface area (Å²) in [7, 11) is 0. The number of anilines is 2. The van der Waals surface area contributed by atoms with E-state index in [1.807, 2.05) is 0 Å². The van der Waals surface area contributed by atoms with Crippen molar-refractivity contribution in [2.24, 2.45) is 5.11 Å². The number of azide groups is 1. The number of hydrogen-bond donors (Lipinski definition) is 2. The molecule has 1 aromatic rings. The van der Waals surface area contributed by atoms with Gasteiger partial charge in [-0.3, -0.25) is 5.32 Å². The van der Waals surface area contributed by atoms with Gasteiger partial charge in [0.15, 0.2) is 0 Å². The highest BCUT2D eigenvalue weighted by Crippen LogP contribution is 2.25. The lowest BCUT2D eigenvalue weighted by atomic mass is 10.2. The van der Waals surface area contributed by atoms with Gasteiger partial charge in [-0.1, -0.05) is 11.2 Å². The molecule has 1 aromatic carbocycles. The summed E-state index contributed by atoms with van der Waals surface area (Å²) in [6.07, 6.45) is -0.592. The Morgan fingerprint density at radius 2 is 2.17 bits per heavy atom. The molecular formula is C11H15N5O2. The largest absolute Gasteiger partial charge is 0.444 e. The number of nitrogens with zero attached hydrogens (tertiary/aromatic N) is 3. The van der Waals surface area contributed by atoms with E-state index >= 15 is 0 Å². The lowest BCUT2D eigenvalue weighted by molar-refractivity contribution is 0.0636. The number of carbonyl (C=O) groups is 1. The number of ether oxygens (including phenoxy) is 1. The fourth-order valence-electron chi connectivity index (χ4n) is 1.19. The average molecular weight is 249 g/mol. The smallest absolute Gasteiger partial charge is 0.412 e. The summed E-state index contributed by atoms with van der Waals surface area (Å²) in [5.74, 6) is 0. The molecule has 7 nitrogen and oxygen atoms in total. The summed E-state index contributed by atoms with van der Waals surface area (Å²) in [6, 6.07) is 4.55. The van der Waals surface area contributed by atoms with Crippen molar-refractivity contribution in [3.05, 3.63) is 28.6 Å². The van der Waals surface area contributed by atoms with Gasteiger partial charge in [-0.05, 0) is 38.4 Å². The van der Waals surface area contributed by atoms with E-state index in [9.17, 15) is 4.79 Å². The van der Waals surface area contributed by atoms with E-state index in [1.54, 1.807) is 32.9 Å². The zero-order chi connectivity index (χ0) is 13.8. The van der Waals surface area contributed by atoms with Gasteiger partial charge in [0.2, 0.25) is 0 Å². The van der Waals surface area contributed by atoms with E-state index in [0.29, 0.717) is 17.1 Å². The number of hydrogen-bond acceptors (Lipinski definition) is 4. The molecule has 3 N–H and O–H groups in total. The zero-order valence-electron chi connectivity index (χ0n) is 10.5. The molecule has 0 aliphatic rings. The van der Waals surface area contributed by atoms with Crippen LogP contribution in [0.4, 0.5) is 21.9 Å². The standard InChI is InChI=1S/C11H15N5O2/c1-11(2,3)18-10(17)14-9-5-4-7(15-16-13)6-8(9)12/h4-6H,12H2,1-3H3,(H,14,17). The van der Waals surface area contributed by atoms with Crippen LogP contribution in [-0.4, -0.2) is 11.7 Å². The molecule has 0 aliphatic heterocycles. The fraction of sp³-hybridized carbons (Fsp3) is 0.364. The van der Waals surface area contributed by atoms with Crippen LogP contribution in [-0.2, 0) is 4.74 Å². The van der Waals surface area contributed by atoms with Gasteiger partial charge in [0.25, 0.3) is 0 Å². The maximum absolute atomic E-state index is 11.5. The Bertz CT molecular complexity index is 501. The fourth-order valence-corrected chi connectivity index (χ4v) is 1.19. The van der Waals surface area contributed by atoms with Crippen LogP contribution in [0.2, 0.25) is 0 Å². The van der Waals surface area contributed by atoms with Crippen molar-refractivity contribution in [2.45, 2.75) is 26.4 Å². The Hall–Kier alpha value is -2.40. The summed E-state index contributed by atoms with van der Waals surface area (Å²) < 4.78 is 5.09. The highest BCUT2D eigenvalue weighted by Gasteiger charge is 2.16. The van der Waals surface area contributed by atoms with Crippen LogP contribution in [0.25, 0.3) is 10.4 Å².